The molecule has 1 N–H and O–H groups in total. The number of anilines is 1. The summed E-state index contributed by atoms with van der Waals surface area (Å²) in [6.45, 7) is 7.96. The Balaban J connectivity index is 2.13. The summed E-state index contributed by atoms with van der Waals surface area (Å²) < 4.78 is 5.27. The van der Waals surface area contributed by atoms with Crippen molar-refractivity contribution in [2.24, 2.45) is 0 Å². The van der Waals surface area contributed by atoms with Crippen LogP contribution in [-0.4, -0.2) is 33.9 Å². The highest BCUT2D eigenvalue weighted by atomic mass is 16.3. The molecule has 23 heavy (non-hydrogen) atoms. The molecule has 0 spiro atoms. The van der Waals surface area contributed by atoms with E-state index < -0.39 is 0 Å². The molecule has 6 heteroatoms. The van der Waals surface area contributed by atoms with Gasteiger partial charge in [0.25, 0.3) is 5.91 Å². The summed E-state index contributed by atoms with van der Waals surface area (Å²) in [5.41, 5.74) is 1.19. The van der Waals surface area contributed by atoms with Gasteiger partial charge >= 0.3 is 0 Å². The standard InChI is InChI=1S/C17H24N4O2/c1-4-8-21(9-5-2)16(22)15-11-13(3)19-17(20-15)18-12-14-7-6-10-23-14/h6-7,10-11H,4-5,8-9,12H2,1-3H3,(H,18,19,20). The van der Waals surface area contributed by atoms with Crippen molar-refractivity contribution in [1.29, 1.82) is 0 Å². The number of carbonyl (C=O) groups is 1. The number of carbonyl (C=O) groups excluding carboxylic acids is 1. The summed E-state index contributed by atoms with van der Waals surface area (Å²) in [4.78, 5) is 23.2. The minimum Gasteiger partial charge on any atom is -0.467 e. The van der Waals surface area contributed by atoms with Gasteiger partial charge in [-0.2, -0.15) is 0 Å². The smallest absolute Gasteiger partial charge is 0.272 e. The average molecular weight is 316 g/mol. The molecular weight excluding hydrogens is 292 g/mol. The Kier molecular flexibility index (Phi) is 6.14. The molecule has 0 aliphatic heterocycles. The molecule has 2 aromatic heterocycles. The molecule has 0 radical (unpaired) electrons. The van der Waals surface area contributed by atoms with Crippen LogP contribution in [0.15, 0.2) is 28.9 Å². The van der Waals surface area contributed by atoms with Crippen LogP contribution in [0.3, 0.4) is 0 Å². The van der Waals surface area contributed by atoms with Crippen LogP contribution in [0, 0.1) is 6.92 Å². The number of hydrogen-bond donors (Lipinski definition) is 1. The van der Waals surface area contributed by atoms with Crippen molar-refractivity contribution in [1.82, 2.24) is 14.9 Å². The Hall–Kier alpha value is -2.37. The van der Waals surface area contributed by atoms with E-state index in [1.165, 1.54) is 0 Å². The third-order valence-electron chi connectivity index (χ3n) is 3.35. The van der Waals surface area contributed by atoms with Crippen molar-refractivity contribution in [3.8, 4) is 0 Å². The van der Waals surface area contributed by atoms with Gasteiger partial charge in [0, 0.05) is 18.8 Å². The van der Waals surface area contributed by atoms with E-state index in [-0.39, 0.29) is 5.91 Å². The second-order valence-corrected chi connectivity index (χ2v) is 5.44. The SMILES string of the molecule is CCCN(CCC)C(=O)c1cc(C)nc(NCc2ccco2)n1. The summed E-state index contributed by atoms with van der Waals surface area (Å²) in [6, 6.07) is 5.44. The Morgan fingerprint density at radius 3 is 2.61 bits per heavy atom. The Morgan fingerprint density at radius 2 is 2.00 bits per heavy atom. The third kappa shape index (κ3) is 4.81. The maximum absolute atomic E-state index is 12.7. The minimum absolute atomic E-state index is 0.0414. The Labute approximate surface area is 136 Å². The van der Waals surface area contributed by atoms with E-state index in [1.807, 2.05) is 24.0 Å². The number of aromatic nitrogens is 2. The van der Waals surface area contributed by atoms with Gasteiger partial charge in [0.1, 0.15) is 11.5 Å². The highest BCUT2D eigenvalue weighted by Gasteiger charge is 2.17. The predicted octanol–water partition coefficient (Wildman–Crippen LogP) is 3.25. The summed E-state index contributed by atoms with van der Waals surface area (Å²) in [5, 5.41) is 3.10. The van der Waals surface area contributed by atoms with Crippen LogP contribution >= 0.6 is 0 Å². The second kappa shape index (κ2) is 8.31. The monoisotopic (exact) mass is 316 g/mol. The first-order chi connectivity index (χ1) is 11.1. The van der Waals surface area contributed by atoms with Gasteiger partial charge in [-0.15, -0.1) is 0 Å². The summed E-state index contributed by atoms with van der Waals surface area (Å²) >= 11 is 0. The lowest BCUT2D eigenvalue weighted by atomic mass is 10.2. The van der Waals surface area contributed by atoms with Crippen molar-refractivity contribution < 1.29 is 9.21 Å². The fraction of sp³-hybridized carbons (Fsp3) is 0.471. The fourth-order valence-corrected chi connectivity index (χ4v) is 2.35. The lowest BCUT2D eigenvalue weighted by Gasteiger charge is -2.21. The van der Waals surface area contributed by atoms with Crippen molar-refractivity contribution in [3.63, 3.8) is 0 Å². The summed E-state index contributed by atoms with van der Waals surface area (Å²) in [7, 11) is 0. The molecule has 0 bridgehead atoms. The van der Waals surface area contributed by atoms with Crippen molar-refractivity contribution in [2.45, 2.75) is 40.2 Å². The zero-order valence-corrected chi connectivity index (χ0v) is 14.0. The van der Waals surface area contributed by atoms with E-state index in [2.05, 4.69) is 29.1 Å². The number of nitrogens with zero attached hydrogens (tertiary/aromatic N) is 3. The number of nitrogens with one attached hydrogen (secondary N) is 1. The molecule has 1 amide bonds. The molecular formula is C17H24N4O2. The first-order valence-electron chi connectivity index (χ1n) is 8.05. The Morgan fingerprint density at radius 1 is 1.26 bits per heavy atom. The first kappa shape index (κ1) is 17.0. The Bertz CT molecular complexity index is 620. The molecule has 0 saturated heterocycles. The average Bonchev–Trinajstić information content (AvgIpc) is 3.05. The van der Waals surface area contributed by atoms with Gasteiger partial charge in [-0.05, 0) is 38.0 Å². The zero-order valence-electron chi connectivity index (χ0n) is 14.0. The van der Waals surface area contributed by atoms with E-state index in [0.29, 0.717) is 18.2 Å². The largest absolute Gasteiger partial charge is 0.467 e. The fourth-order valence-electron chi connectivity index (χ4n) is 2.35. The van der Waals surface area contributed by atoms with E-state index in [1.54, 1.807) is 12.3 Å². The molecule has 2 aromatic rings. The lowest BCUT2D eigenvalue weighted by molar-refractivity contribution is 0.0749. The summed E-state index contributed by atoms with van der Waals surface area (Å²) in [6.07, 6.45) is 3.48. The van der Waals surface area contributed by atoms with Gasteiger partial charge in [0.15, 0.2) is 0 Å². The molecule has 6 nitrogen and oxygen atoms in total. The first-order valence-corrected chi connectivity index (χ1v) is 8.05. The second-order valence-electron chi connectivity index (χ2n) is 5.44. The van der Waals surface area contributed by atoms with Crippen molar-refractivity contribution in [2.75, 3.05) is 18.4 Å². The molecule has 2 heterocycles. The normalized spacial score (nSPS) is 10.6. The summed E-state index contributed by atoms with van der Waals surface area (Å²) in [5.74, 6) is 1.19. The molecule has 0 unspecified atom stereocenters. The van der Waals surface area contributed by atoms with Crippen LogP contribution in [0.5, 0.6) is 0 Å². The zero-order chi connectivity index (χ0) is 16.7. The maximum atomic E-state index is 12.7. The molecule has 0 fully saturated rings. The molecule has 0 saturated carbocycles. The van der Waals surface area contributed by atoms with E-state index in [9.17, 15) is 4.79 Å². The van der Waals surface area contributed by atoms with Crippen LogP contribution in [0.2, 0.25) is 0 Å². The molecule has 0 aliphatic carbocycles. The highest BCUT2D eigenvalue weighted by Crippen LogP contribution is 2.11. The van der Waals surface area contributed by atoms with Crippen LogP contribution in [-0.2, 0) is 6.54 Å². The van der Waals surface area contributed by atoms with Gasteiger partial charge in [0.2, 0.25) is 5.95 Å². The van der Waals surface area contributed by atoms with Gasteiger partial charge in [-0.1, -0.05) is 13.8 Å². The topological polar surface area (TPSA) is 71.3 Å². The van der Waals surface area contributed by atoms with Crippen LogP contribution in [0.4, 0.5) is 5.95 Å². The van der Waals surface area contributed by atoms with Crippen molar-refractivity contribution >= 4 is 11.9 Å². The molecule has 124 valence electrons. The van der Waals surface area contributed by atoms with Gasteiger partial charge in [-0.25, -0.2) is 9.97 Å². The quantitative estimate of drug-likeness (QED) is 0.809. The van der Waals surface area contributed by atoms with Gasteiger partial charge in [0.05, 0.1) is 12.8 Å². The van der Waals surface area contributed by atoms with E-state index in [0.717, 1.165) is 37.4 Å². The molecule has 0 aromatic carbocycles. The van der Waals surface area contributed by atoms with Crippen LogP contribution < -0.4 is 5.32 Å². The third-order valence-corrected chi connectivity index (χ3v) is 3.35. The number of furan rings is 1. The lowest BCUT2D eigenvalue weighted by Crippen LogP contribution is -2.33. The maximum Gasteiger partial charge on any atom is 0.272 e. The molecule has 2 rings (SSSR count). The van der Waals surface area contributed by atoms with Crippen LogP contribution in [0.1, 0.15) is 48.6 Å². The number of aryl methyl sites for hydroxylation is 1. The molecule has 0 atom stereocenters. The van der Waals surface area contributed by atoms with E-state index in [4.69, 9.17) is 4.42 Å². The van der Waals surface area contributed by atoms with Crippen molar-refractivity contribution in [3.05, 3.63) is 41.6 Å². The number of amides is 1. The number of hydrogen-bond acceptors (Lipinski definition) is 5. The van der Waals surface area contributed by atoms with Gasteiger partial charge in [-0.3, -0.25) is 4.79 Å². The highest BCUT2D eigenvalue weighted by molar-refractivity contribution is 5.92. The van der Waals surface area contributed by atoms with Crippen LogP contribution in [0.25, 0.3) is 0 Å². The van der Waals surface area contributed by atoms with E-state index >= 15 is 0 Å². The predicted molar refractivity (Wildman–Crippen MR) is 89.3 cm³/mol. The van der Waals surface area contributed by atoms with Gasteiger partial charge < -0.3 is 14.6 Å². The number of rotatable bonds is 8. The molecule has 0 aliphatic rings. The minimum atomic E-state index is -0.0414.